The zero-order valence-corrected chi connectivity index (χ0v) is 11.5. The molecule has 0 bridgehead atoms. The van der Waals surface area contributed by atoms with Crippen LogP contribution in [0.1, 0.15) is 18.9 Å². The molecule has 0 saturated heterocycles. The largest absolute Gasteiger partial charge is 0.212 e. The van der Waals surface area contributed by atoms with E-state index in [1.807, 2.05) is 37.3 Å². The molecule has 5 heteroatoms. The quantitative estimate of drug-likeness (QED) is 0.775. The van der Waals surface area contributed by atoms with Crippen molar-refractivity contribution in [3.05, 3.63) is 35.9 Å². The van der Waals surface area contributed by atoms with Gasteiger partial charge in [0.15, 0.2) is 0 Å². The second-order valence-corrected chi connectivity index (χ2v) is 6.16. The first kappa shape index (κ1) is 14.5. The van der Waals surface area contributed by atoms with Crippen molar-refractivity contribution in [2.45, 2.75) is 25.8 Å². The van der Waals surface area contributed by atoms with E-state index in [1.54, 1.807) is 0 Å². The molecule has 0 aromatic heterocycles. The van der Waals surface area contributed by atoms with Crippen LogP contribution in [0.25, 0.3) is 0 Å². The lowest BCUT2D eigenvalue weighted by atomic mass is 10.1. The van der Waals surface area contributed by atoms with Crippen molar-refractivity contribution in [2.24, 2.45) is 0 Å². The zero-order valence-electron chi connectivity index (χ0n) is 9.90. The van der Waals surface area contributed by atoms with Gasteiger partial charge in [0, 0.05) is 11.9 Å². The predicted molar refractivity (Wildman–Crippen MR) is 71.9 cm³/mol. The highest BCUT2D eigenvalue weighted by Crippen LogP contribution is 2.06. The molecule has 0 spiro atoms. The van der Waals surface area contributed by atoms with E-state index < -0.39 is 10.0 Å². The maximum atomic E-state index is 11.6. The van der Waals surface area contributed by atoms with Crippen molar-refractivity contribution in [2.75, 3.05) is 11.6 Å². The molecule has 1 N–H and O–H groups in total. The molecular formula is C12H18ClNO2S. The first-order chi connectivity index (χ1) is 8.07. The molecular weight excluding hydrogens is 258 g/mol. The first-order valence-corrected chi connectivity index (χ1v) is 7.86. The average molecular weight is 276 g/mol. The van der Waals surface area contributed by atoms with Gasteiger partial charge in [-0.25, -0.2) is 13.1 Å². The summed E-state index contributed by atoms with van der Waals surface area (Å²) in [6.45, 7) is 1.84. The van der Waals surface area contributed by atoms with Crippen LogP contribution in [0.2, 0.25) is 0 Å². The van der Waals surface area contributed by atoms with Gasteiger partial charge in [0.1, 0.15) is 0 Å². The van der Waals surface area contributed by atoms with Gasteiger partial charge >= 0.3 is 0 Å². The molecule has 0 aliphatic rings. The molecule has 0 aliphatic heterocycles. The number of benzene rings is 1. The molecule has 17 heavy (non-hydrogen) atoms. The predicted octanol–water partition coefficient (Wildman–Crippen LogP) is 2.17. The molecule has 1 unspecified atom stereocenters. The Kier molecular flexibility index (Phi) is 5.95. The van der Waals surface area contributed by atoms with Crippen molar-refractivity contribution < 1.29 is 8.42 Å². The maximum absolute atomic E-state index is 11.6. The minimum Gasteiger partial charge on any atom is -0.212 e. The smallest absolute Gasteiger partial charge is 0.211 e. The van der Waals surface area contributed by atoms with Crippen LogP contribution in [0.4, 0.5) is 0 Å². The molecule has 1 aromatic rings. The van der Waals surface area contributed by atoms with E-state index in [2.05, 4.69) is 4.72 Å². The van der Waals surface area contributed by atoms with Crippen LogP contribution in [0, 0.1) is 0 Å². The Morgan fingerprint density at radius 2 is 1.94 bits per heavy atom. The van der Waals surface area contributed by atoms with Crippen molar-refractivity contribution in [3.8, 4) is 0 Å². The number of rotatable bonds is 7. The molecule has 1 rings (SSSR count). The van der Waals surface area contributed by atoms with Gasteiger partial charge < -0.3 is 0 Å². The summed E-state index contributed by atoms with van der Waals surface area (Å²) in [5.41, 5.74) is 1.08. The number of halogens is 1. The van der Waals surface area contributed by atoms with Gasteiger partial charge in [0.05, 0.1) is 5.75 Å². The summed E-state index contributed by atoms with van der Waals surface area (Å²) in [7, 11) is -3.20. The first-order valence-electron chi connectivity index (χ1n) is 5.67. The van der Waals surface area contributed by atoms with E-state index in [1.165, 1.54) is 0 Å². The van der Waals surface area contributed by atoms with Crippen molar-refractivity contribution in [1.29, 1.82) is 0 Å². The SMILES string of the molecule is CCCS(=O)(=O)NC(CCl)Cc1ccccc1. The zero-order chi connectivity index (χ0) is 12.7. The molecule has 96 valence electrons. The van der Waals surface area contributed by atoms with E-state index in [0.29, 0.717) is 12.8 Å². The number of sulfonamides is 1. The van der Waals surface area contributed by atoms with Gasteiger partial charge in [-0.05, 0) is 18.4 Å². The van der Waals surface area contributed by atoms with E-state index in [9.17, 15) is 8.42 Å². The lowest BCUT2D eigenvalue weighted by Crippen LogP contribution is -2.39. The number of nitrogens with one attached hydrogen (secondary N) is 1. The number of alkyl halides is 1. The fraction of sp³-hybridized carbons (Fsp3) is 0.500. The van der Waals surface area contributed by atoms with Crippen molar-refractivity contribution in [1.82, 2.24) is 4.72 Å². The summed E-state index contributed by atoms with van der Waals surface area (Å²) in [5, 5.41) is 0. The van der Waals surface area contributed by atoms with Gasteiger partial charge in [-0.1, -0.05) is 37.3 Å². The normalized spacial score (nSPS) is 13.5. The van der Waals surface area contributed by atoms with E-state index in [4.69, 9.17) is 11.6 Å². The van der Waals surface area contributed by atoms with Crippen LogP contribution in [0.5, 0.6) is 0 Å². The standard InChI is InChI=1S/C12H18ClNO2S/c1-2-8-17(15,16)14-12(10-13)9-11-6-4-3-5-7-11/h3-7,12,14H,2,8-10H2,1H3. The molecule has 1 atom stereocenters. The van der Waals surface area contributed by atoms with Crippen LogP contribution in [-0.2, 0) is 16.4 Å². The lowest BCUT2D eigenvalue weighted by molar-refractivity contribution is 0.560. The van der Waals surface area contributed by atoms with Crippen LogP contribution in [0.3, 0.4) is 0 Å². The molecule has 0 fully saturated rings. The van der Waals surface area contributed by atoms with Crippen LogP contribution in [0.15, 0.2) is 30.3 Å². The summed E-state index contributed by atoms with van der Waals surface area (Å²) in [4.78, 5) is 0. The van der Waals surface area contributed by atoms with Crippen LogP contribution >= 0.6 is 11.6 Å². The molecule has 0 amide bonds. The Morgan fingerprint density at radius 3 is 2.47 bits per heavy atom. The van der Waals surface area contributed by atoms with Crippen LogP contribution in [-0.4, -0.2) is 26.1 Å². The van der Waals surface area contributed by atoms with Crippen molar-refractivity contribution in [3.63, 3.8) is 0 Å². The van der Waals surface area contributed by atoms with E-state index >= 15 is 0 Å². The highest BCUT2D eigenvalue weighted by atomic mass is 35.5. The van der Waals surface area contributed by atoms with Gasteiger partial charge in [0.2, 0.25) is 10.0 Å². The summed E-state index contributed by atoms with van der Waals surface area (Å²) in [5.74, 6) is 0.424. The fourth-order valence-electron chi connectivity index (χ4n) is 1.61. The van der Waals surface area contributed by atoms with E-state index in [0.717, 1.165) is 5.56 Å². The summed E-state index contributed by atoms with van der Waals surface area (Å²) >= 11 is 5.80. The van der Waals surface area contributed by atoms with Crippen LogP contribution < -0.4 is 4.72 Å². The molecule has 0 saturated carbocycles. The third-order valence-corrected chi connectivity index (χ3v) is 4.34. The fourth-order valence-corrected chi connectivity index (χ4v) is 3.22. The Hall–Kier alpha value is -0.580. The Morgan fingerprint density at radius 1 is 1.29 bits per heavy atom. The maximum Gasteiger partial charge on any atom is 0.211 e. The third-order valence-electron chi connectivity index (χ3n) is 2.33. The van der Waals surface area contributed by atoms with Gasteiger partial charge in [0.25, 0.3) is 0 Å². The highest BCUT2D eigenvalue weighted by Gasteiger charge is 2.16. The Labute approximate surface area is 108 Å². The van der Waals surface area contributed by atoms with Gasteiger partial charge in [-0.3, -0.25) is 0 Å². The Bertz CT molecular complexity index is 419. The summed E-state index contributed by atoms with van der Waals surface area (Å²) in [6, 6.07) is 9.49. The second-order valence-electron chi connectivity index (χ2n) is 3.98. The molecule has 0 heterocycles. The third kappa shape index (κ3) is 5.52. The lowest BCUT2D eigenvalue weighted by Gasteiger charge is -2.16. The minimum atomic E-state index is -3.20. The molecule has 0 radical (unpaired) electrons. The number of hydrogen-bond acceptors (Lipinski definition) is 2. The average Bonchev–Trinajstić information content (AvgIpc) is 2.29. The van der Waals surface area contributed by atoms with Gasteiger partial charge in [-0.15, -0.1) is 11.6 Å². The molecule has 0 aliphatic carbocycles. The second kappa shape index (κ2) is 6.99. The topological polar surface area (TPSA) is 46.2 Å². The molecule has 1 aromatic carbocycles. The Balaban J connectivity index is 2.61. The summed E-state index contributed by atoms with van der Waals surface area (Å²) in [6.07, 6.45) is 1.23. The van der Waals surface area contributed by atoms with Gasteiger partial charge in [-0.2, -0.15) is 0 Å². The molecule has 3 nitrogen and oxygen atoms in total. The summed E-state index contributed by atoms with van der Waals surface area (Å²) < 4.78 is 25.9. The van der Waals surface area contributed by atoms with Crippen molar-refractivity contribution >= 4 is 21.6 Å². The monoisotopic (exact) mass is 275 g/mol. The highest BCUT2D eigenvalue weighted by molar-refractivity contribution is 7.89. The minimum absolute atomic E-state index is 0.148. The van der Waals surface area contributed by atoms with E-state index in [-0.39, 0.29) is 17.7 Å². The number of hydrogen-bond donors (Lipinski definition) is 1.